The molecule has 0 radical (unpaired) electrons. The summed E-state index contributed by atoms with van der Waals surface area (Å²) in [5.74, 6) is 1.49. The molecule has 5 nitrogen and oxygen atoms in total. The first-order valence-corrected chi connectivity index (χ1v) is 9.88. The zero-order valence-corrected chi connectivity index (χ0v) is 15.6. The molecular formula is C21H28N2O3. The van der Waals surface area contributed by atoms with Crippen LogP contribution in [0.15, 0.2) is 27.4 Å². The van der Waals surface area contributed by atoms with Crippen molar-refractivity contribution in [3.8, 4) is 5.75 Å². The Morgan fingerprint density at radius 1 is 1.19 bits per heavy atom. The molecule has 2 aliphatic rings. The van der Waals surface area contributed by atoms with Crippen LogP contribution in [-0.4, -0.2) is 32.8 Å². The Morgan fingerprint density at radius 3 is 2.73 bits per heavy atom. The van der Waals surface area contributed by atoms with Crippen molar-refractivity contribution in [2.75, 3.05) is 37.7 Å². The van der Waals surface area contributed by atoms with Gasteiger partial charge in [-0.1, -0.05) is 19.3 Å². The van der Waals surface area contributed by atoms with Crippen molar-refractivity contribution >= 4 is 16.7 Å². The van der Waals surface area contributed by atoms with Crippen molar-refractivity contribution in [3.63, 3.8) is 0 Å². The molecule has 2 fully saturated rings. The maximum Gasteiger partial charge on any atom is 0.338 e. The molecule has 2 heterocycles. The molecule has 140 valence electrons. The van der Waals surface area contributed by atoms with E-state index in [-0.39, 0.29) is 5.63 Å². The van der Waals surface area contributed by atoms with E-state index < -0.39 is 0 Å². The fourth-order valence-electron chi connectivity index (χ4n) is 4.21. The molecule has 1 N–H and O–H groups in total. The van der Waals surface area contributed by atoms with Gasteiger partial charge in [-0.3, -0.25) is 0 Å². The second kappa shape index (κ2) is 7.70. The Hall–Kier alpha value is -2.01. The van der Waals surface area contributed by atoms with E-state index in [2.05, 4.69) is 10.2 Å². The lowest BCUT2D eigenvalue weighted by atomic mass is 9.90. The van der Waals surface area contributed by atoms with Crippen LogP contribution in [-0.2, 0) is 0 Å². The fraction of sp³-hybridized carbons (Fsp3) is 0.571. The molecule has 0 amide bonds. The molecule has 1 saturated heterocycles. The summed E-state index contributed by atoms with van der Waals surface area (Å²) in [7, 11) is 0. The summed E-state index contributed by atoms with van der Waals surface area (Å²) in [5, 5.41) is 4.35. The predicted octanol–water partition coefficient (Wildman–Crippen LogP) is 3.47. The number of anilines is 1. The van der Waals surface area contributed by atoms with Crippen LogP contribution >= 0.6 is 0 Å². The van der Waals surface area contributed by atoms with Gasteiger partial charge in [0.05, 0.1) is 12.3 Å². The molecule has 0 bridgehead atoms. The number of aryl methyl sites for hydroxylation is 1. The van der Waals surface area contributed by atoms with Crippen molar-refractivity contribution in [2.24, 2.45) is 5.92 Å². The molecule has 0 atom stereocenters. The van der Waals surface area contributed by atoms with Gasteiger partial charge in [-0.05, 0) is 37.8 Å². The smallest absolute Gasteiger partial charge is 0.338 e. The molecule has 1 saturated carbocycles. The van der Waals surface area contributed by atoms with Gasteiger partial charge in [0.15, 0.2) is 0 Å². The summed E-state index contributed by atoms with van der Waals surface area (Å²) in [4.78, 5) is 14.4. The largest absolute Gasteiger partial charge is 0.493 e. The quantitative estimate of drug-likeness (QED) is 0.850. The van der Waals surface area contributed by atoms with Crippen molar-refractivity contribution in [1.29, 1.82) is 0 Å². The van der Waals surface area contributed by atoms with Gasteiger partial charge >= 0.3 is 5.63 Å². The first kappa shape index (κ1) is 17.4. The summed E-state index contributed by atoms with van der Waals surface area (Å²) >= 11 is 0. The van der Waals surface area contributed by atoms with E-state index >= 15 is 0 Å². The van der Waals surface area contributed by atoms with E-state index in [1.54, 1.807) is 6.07 Å². The number of nitrogens with zero attached hydrogens (tertiary/aromatic N) is 1. The minimum atomic E-state index is -0.293. The number of rotatable bonds is 4. The van der Waals surface area contributed by atoms with Gasteiger partial charge in [0, 0.05) is 43.2 Å². The average molecular weight is 356 g/mol. The Balaban J connectivity index is 1.63. The number of nitrogens with one attached hydrogen (secondary N) is 1. The molecule has 0 unspecified atom stereocenters. The zero-order chi connectivity index (χ0) is 17.9. The van der Waals surface area contributed by atoms with E-state index in [0.29, 0.717) is 11.5 Å². The van der Waals surface area contributed by atoms with Gasteiger partial charge < -0.3 is 19.4 Å². The monoisotopic (exact) mass is 356 g/mol. The summed E-state index contributed by atoms with van der Waals surface area (Å²) < 4.78 is 11.7. The van der Waals surface area contributed by atoms with Crippen molar-refractivity contribution in [2.45, 2.75) is 39.0 Å². The van der Waals surface area contributed by atoms with E-state index in [1.165, 1.54) is 32.1 Å². The Morgan fingerprint density at radius 2 is 1.96 bits per heavy atom. The third-order valence-electron chi connectivity index (χ3n) is 5.75. The number of ether oxygens (including phenoxy) is 1. The maximum atomic E-state index is 12.2. The number of hydrogen-bond acceptors (Lipinski definition) is 5. The van der Waals surface area contributed by atoms with Crippen molar-refractivity contribution in [1.82, 2.24) is 5.32 Å². The number of benzene rings is 1. The van der Waals surface area contributed by atoms with Crippen LogP contribution < -0.4 is 20.6 Å². The molecule has 1 aromatic heterocycles. The predicted molar refractivity (Wildman–Crippen MR) is 104 cm³/mol. The van der Waals surface area contributed by atoms with Crippen LogP contribution in [0, 0.1) is 12.8 Å². The molecule has 5 heteroatoms. The van der Waals surface area contributed by atoms with Crippen LogP contribution in [0.2, 0.25) is 0 Å². The highest BCUT2D eigenvalue weighted by molar-refractivity contribution is 5.93. The van der Waals surface area contributed by atoms with Crippen LogP contribution in [0.1, 0.15) is 37.7 Å². The summed E-state index contributed by atoms with van der Waals surface area (Å²) in [6.07, 6.45) is 6.50. The average Bonchev–Trinajstić information content (AvgIpc) is 2.69. The molecule has 0 spiro atoms. The highest BCUT2D eigenvalue weighted by Crippen LogP contribution is 2.33. The van der Waals surface area contributed by atoms with Crippen LogP contribution in [0.3, 0.4) is 0 Å². The lowest BCUT2D eigenvalue weighted by Gasteiger charge is -2.30. The number of piperazine rings is 1. The lowest BCUT2D eigenvalue weighted by molar-refractivity contribution is 0.208. The third-order valence-corrected chi connectivity index (χ3v) is 5.75. The highest BCUT2D eigenvalue weighted by atomic mass is 16.5. The van der Waals surface area contributed by atoms with Gasteiger partial charge in [-0.15, -0.1) is 0 Å². The summed E-state index contributed by atoms with van der Waals surface area (Å²) in [6.45, 7) is 6.42. The van der Waals surface area contributed by atoms with Crippen LogP contribution in [0.25, 0.3) is 11.0 Å². The topological polar surface area (TPSA) is 54.7 Å². The molecule has 1 aliphatic heterocycles. The molecule has 1 aliphatic carbocycles. The second-order valence-electron chi connectivity index (χ2n) is 7.57. The molecule has 2 aromatic rings. The highest BCUT2D eigenvalue weighted by Gasteiger charge is 2.19. The van der Waals surface area contributed by atoms with Crippen molar-refractivity contribution < 1.29 is 9.15 Å². The van der Waals surface area contributed by atoms with E-state index in [0.717, 1.165) is 55.2 Å². The summed E-state index contributed by atoms with van der Waals surface area (Å²) in [5.41, 5.74) is 2.26. The van der Waals surface area contributed by atoms with Crippen LogP contribution in [0.4, 0.5) is 5.69 Å². The van der Waals surface area contributed by atoms with Gasteiger partial charge in [-0.2, -0.15) is 0 Å². The normalized spacial score (nSPS) is 19.0. The molecule has 1 aromatic carbocycles. The number of fused-ring (bicyclic) bond motifs is 1. The second-order valence-corrected chi connectivity index (χ2v) is 7.57. The van der Waals surface area contributed by atoms with E-state index in [1.807, 2.05) is 19.1 Å². The molecular weight excluding hydrogens is 328 g/mol. The van der Waals surface area contributed by atoms with Gasteiger partial charge in [0.1, 0.15) is 11.3 Å². The van der Waals surface area contributed by atoms with Gasteiger partial charge in [0.2, 0.25) is 0 Å². The third kappa shape index (κ3) is 3.58. The Kier molecular flexibility index (Phi) is 5.16. The minimum Gasteiger partial charge on any atom is -0.493 e. The van der Waals surface area contributed by atoms with Crippen molar-refractivity contribution in [3.05, 3.63) is 34.2 Å². The molecule has 4 rings (SSSR count). The van der Waals surface area contributed by atoms with Gasteiger partial charge in [-0.25, -0.2) is 4.79 Å². The fourth-order valence-corrected chi connectivity index (χ4v) is 4.21. The first-order chi connectivity index (χ1) is 12.7. The first-order valence-electron chi connectivity index (χ1n) is 9.88. The lowest BCUT2D eigenvalue weighted by Crippen LogP contribution is -2.43. The maximum absolute atomic E-state index is 12.2. The summed E-state index contributed by atoms with van der Waals surface area (Å²) in [6, 6.07) is 5.70. The standard InChI is InChI=1S/C21H28N2O3/c1-15-19(25-14-16-5-3-2-4-6-16)8-7-17-18(13-20(24)26-21(15)17)23-11-9-22-10-12-23/h7-8,13,16,22H,2-6,9-12,14H2,1H3. The Labute approximate surface area is 154 Å². The number of hydrogen-bond donors (Lipinski definition) is 1. The zero-order valence-electron chi connectivity index (χ0n) is 15.6. The molecule has 26 heavy (non-hydrogen) atoms. The van der Waals surface area contributed by atoms with Gasteiger partial charge in [0.25, 0.3) is 0 Å². The minimum absolute atomic E-state index is 0.293. The Bertz CT molecular complexity index is 818. The SMILES string of the molecule is Cc1c(OCC2CCCCC2)ccc2c(N3CCNCC3)cc(=O)oc12. The van der Waals surface area contributed by atoms with E-state index in [9.17, 15) is 4.79 Å². The van der Waals surface area contributed by atoms with E-state index in [4.69, 9.17) is 9.15 Å². The van der Waals surface area contributed by atoms with Crippen LogP contribution in [0.5, 0.6) is 5.75 Å².